The van der Waals surface area contributed by atoms with Gasteiger partial charge in [-0.2, -0.15) is 0 Å². The Balaban J connectivity index is 2.69. The Morgan fingerprint density at radius 3 is 2.79 bits per heavy atom. The van der Waals surface area contributed by atoms with Crippen LogP contribution in [0.25, 0.3) is 0 Å². The zero-order valence-corrected chi connectivity index (χ0v) is 11.9. The van der Waals surface area contributed by atoms with Crippen molar-refractivity contribution in [3.8, 4) is 0 Å². The van der Waals surface area contributed by atoms with E-state index in [0.717, 1.165) is 18.9 Å². The van der Waals surface area contributed by atoms with Gasteiger partial charge in [-0.25, -0.2) is 0 Å². The number of rotatable bonds is 6. The molecule has 1 aromatic rings. The Kier molecular flexibility index (Phi) is 6.05. The molecule has 0 aliphatic rings. The first-order valence-electron chi connectivity index (χ1n) is 5.78. The van der Waals surface area contributed by atoms with Gasteiger partial charge in [0.25, 0.3) is 11.6 Å². The fraction of sp³-hybridized carbons (Fsp3) is 0.417. The van der Waals surface area contributed by atoms with E-state index in [1.807, 2.05) is 6.92 Å². The molecule has 19 heavy (non-hydrogen) atoms. The van der Waals surface area contributed by atoms with Gasteiger partial charge >= 0.3 is 0 Å². The van der Waals surface area contributed by atoms with Gasteiger partial charge in [0.1, 0.15) is 5.56 Å². The molecule has 0 spiro atoms. The van der Waals surface area contributed by atoms with Crippen molar-refractivity contribution >= 4 is 34.8 Å². The summed E-state index contributed by atoms with van der Waals surface area (Å²) >= 11 is 11.5. The summed E-state index contributed by atoms with van der Waals surface area (Å²) in [6.07, 6.45) is 1.49. The average Bonchev–Trinajstić information content (AvgIpc) is 2.33. The molecule has 0 aromatic heterocycles. The van der Waals surface area contributed by atoms with Gasteiger partial charge in [-0.15, -0.1) is 11.6 Å². The lowest BCUT2D eigenvalue weighted by molar-refractivity contribution is -0.385. The van der Waals surface area contributed by atoms with Crippen LogP contribution in [-0.2, 0) is 0 Å². The van der Waals surface area contributed by atoms with Crippen LogP contribution in [0, 0.1) is 10.1 Å². The number of nitro groups is 1. The Hall–Kier alpha value is -1.33. The van der Waals surface area contributed by atoms with Gasteiger partial charge in [0.05, 0.1) is 4.92 Å². The Morgan fingerprint density at radius 1 is 1.53 bits per heavy atom. The van der Waals surface area contributed by atoms with Crippen LogP contribution in [0.15, 0.2) is 18.2 Å². The Labute approximate surface area is 121 Å². The highest BCUT2D eigenvalue weighted by atomic mass is 35.5. The molecule has 0 heterocycles. The summed E-state index contributed by atoms with van der Waals surface area (Å²) in [6.45, 7) is 2.29. The van der Waals surface area contributed by atoms with Gasteiger partial charge in [0.15, 0.2) is 0 Å². The molecule has 0 saturated heterocycles. The van der Waals surface area contributed by atoms with Crippen LogP contribution in [-0.4, -0.2) is 22.8 Å². The lowest BCUT2D eigenvalue weighted by Crippen LogP contribution is -2.25. The predicted molar refractivity (Wildman–Crippen MR) is 75.0 cm³/mol. The predicted octanol–water partition coefficient (Wildman–Crippen LogP) is 3.39. The fourth-order valence-electron chi connectivity index (χ4n) is 1.53. The minimum absolute atomic E-state index is 0.00771. The van der Waals surface area contributed by atoms with Crippen LogP contribution in [0.2, 0.25) is 5.02 Å². The quantitative estimate of drug-likeness (QED) is 0.379. The number of carbonyl (C=O) groups excluding carboxylic acids is 1. The third-order valence-electron chi connectivity index (χ3n) is 2.47. The summed E-state index contributed by atoms with van der Waals surface area (Å²) < 4.78 is 0. The van der Waals surface area contributed by atoms with E-state index in [2.05, 4.69) is 5.32 Å². The molecule has 0 aliphatic heterocycles. The topological polar surface area (TPSA) is 72.2 Å². The van der Waals surface area contributed by atoms with Gasteiger partial charge in [-0.05, 0) is 31.9 Å². The minimum Gasteiger partial charge on any atom is -0.352 e. The number of halogens is 2. The summed E-state index contributed by atoms with van der Waals surface area (Å²) in [4.78, 5) is 22.1. The molecule has 1 unspecified atom stereocenters. The van der Waals surface area contributed by atoms with E-state index in [4.69, 9.17) is 23.2 Å². The minimum atomic E-state index is -0.623. The van der Waals surface area contributed by atoms with Crippen LogP contribution >= 0.6 is 23.2 Å². The molecular weight excluding hydrogens is 291 g/mol. The van der Waals surface area contributed by atoms with Crippen LogP contribution in [0.1, 0.15) is 30.1 Å². The van der Waals surface area contributed by atoms with Gasteiger partial charge in [0.2, 0.25) is 0 Å². The van der Waals surface area contributed by atoms with E-state index in [0.29, 0.717) is 6.54 Å². The van der Waals surface area contributed by atoms with Gasteiger partial charge in [0, 0.05) is 23.0 Å². The number of carbonyl (C=O) groups is 1. The van der Waals surface area contributed by atoms with Crippen molar-refractivity contribution in [1.82, 2.24) is 5.32 Å². The number of benzene rings is 1. The maximum absolute atomic E-state index is 11.8. The van der Waals surface area contributed by atoms with E-state index in [1.165, 1.54) is 12.1 Å². The molecule has 0 saturated carbocycles. The number of nitro benzene ring substituents is 1. The number of nitrogens with one attached hydrogen (secondary N) is 1. The molecule has 5 nitrogen and oxygen atoms in total. The lowest BCUT2D eigenvalue weighted by Gasteiger charge is -2.06. The van der Waals surface area contributed by atoms with Crippen molar-refractivity contribution in [3.63, 3.8) is 0 Å². The summed E-state index contributed by atoms with van der Waals surface area (Å²) in [5.74, 6) is -0.481. The van der Waals surface area contributed by atoms with Gasteiger partial charge < -0.3 is 5.32 Å². The van der Waals surface area contributed by atoms with Crippen molar-refractivity contribution in [2.24, 2.45) is 0 Å². The maximum Gasteiger partial charge on any atom is 0.283 e. The van der Waals surface area contributed by atoms with E-state index >= 15 is 0 Å². The zero-order valence-electron chi connectivity index (χ0n) is 10.4. The second-order valence-electron chi connectivity index (χ2n) is 4.10. The molecule has 1 rings (SSSR count). The summed E-state index contributed by atoms with van der Waals surface area (Å²) in [5.41, 5.74) is -0.288. The maximum atomic E-state index is 11.8. The first-order valence-corrected chi connectivity index (χ1v) is 6.59. The Morgan fingerprint density at radius 2 is 2.21 bits per heavy atom. The monoisotopic (exact) mass is 304 g/mol. The number of amides is 1. The van der Waals surface area contributed by atoms with Crippen LogP contribution < -0.4 is 5.32 Å². The SMILES string of the molecule is CC(Cl)CCCNC(=O)c1ccc(Cl)cc1[N+](=O)[O-]. The smallest absolute Gasteiger partial charge is 0.283 e. The summed E-state index contributed by atoms with van der Waals surface area (Å²) in [6, 6.07) is 3.96. The highest BCUT2D eigenvalue weighted by Gasteiger charge is 2.20. The average molecular weight is 305 g/mol. The molecule has 1 N–H and O–H groups in total. The molecule has 104 valence electrons. The molecule has 0 fully saturated rings. The van der Waals surface area contributed by atoms with Crippen molar-refractivity contribution in [3.05, 3.63) is 38.9 Å². The summed E-state index contributed by atoms with van der Waals surface area (Å²) in [7, 11) is 0. The van der Waals surface area contributed by atoms with E-state index in [-0.39, 0.29) is 21.7 Å². The zero-order chi connectivity index (χ0) is 14.4. The Bertz CT molecular complexity index is 478. The van der Waals surface area contributed by atoms with Crippen LogP contribution in [0.3, 0.4) is 0 Å². The third kappa shape index (κ3) is 5.04. The van der Waals surface area contributed by atoms with Crippen LogP contribution in [0.4, 0.5) is 5.69 Å². The van der Waals surface area contributed by atoms with Crippen LogP contribution in [0.5, 0.6) is 0 Å². The van der Waals surface area contributed by atoms with Gasteiger partial charge in [-0.1, -0.05) is 11.6 Å². The fourth-order valence-corrected chi connectivity index (χ4v) is 1.85. The van der Waals surface area contributed by atoms with E-state index in [9.17, 15) is 14.9 Å². The number of alkyl halides is 1. The van der Waals surface area contributed by atoms with Crippen molar-refractivity contribution < 1.29 is 9.72 Å². The number of nitrogens with zero attached hydrogens (tertiary/aromatic N) is 1. The first kappa shape index (κ1) is 15.7. The third-order valence-corrected chi connectivity index (χ3v) is 2.92. The highest BCUT2D eigenvalue weighted by molar-refractivity contribution is 6.31. The largest absolute Gasteiger partial charge is 0.352 e. The number of hydrogen-bond acceptors (Lipinski definition) is 3. The standard InChI is InChI=1S/C12H14Cl2N2O3/c1-8(13)3-2-6-15-12(17)10-5-4-9(14)7-11(10)16(18)19/h4-5,7-8H,2-3,6H2,1H3,(H,15,17). The second kappa shape index (κ2) is 7.31. The molecule has 0 radical (unpaired) electrons. The van der Waals surface area contributed by atoms with Crippen molar-refractivity contribution in [2.75, 3.05) is 6.54 Å². The molecule has 1 atom stereocenters. The lowest BCUT2D eigenvalue weighted by atomic mass is 10.1. The van der Waals surface area contributed by atoms with E-state index < -0.39 is 10.8 Å². The van der Waals surface area contributed by atoms with E-state index in [1.54, 1.807) is 0 Å². The first-order chi connectivity index (χ1) is 8.91. The number of hydrogen-bond donors (Lipinski definition) is 1. The van der Waals surface area contributed by atoms with Gasteiger partial charge in [-0.3, -0.25) is 14.9 Å². The normalized spacial score (nSPS) is 11.9. The highest BCUT2D eigenvalue weighted by Crippen LogP contribution is 2.23. The molecule has 0 bridgehead atoms. The molecule has 1 amide bonds. The molecule has 0 aliphatic carbocycles. The second-order valence-corrected chi connectivity index (χ2v) is 5.28. The van der Waals surface area contributed by atoms with Crippen molar-refractivity contribution in [1.29, 1.82) is 0 Å². The van der Waals surface area contributed by atoms with Crippen molar-refractivity contribution in [2.45, 2.75) is 25.1 Å². The summed E-state index contributed by atoms with van der Waals surface area (Å²) in [5, 5.41) is 13.7. The molecular formula is C12H14Cl2N2O3. The molecule has 7 heteroatoms. The molecule has 1 aromatic carbocycles.